The van der Waals surface area contributed by atoms with E-state index in [9.17, 15) is 10.1 Å². The Balaban J connectivity index is 2.26. The molecule has 0 aromatic heterocycles. The summed E-state index contributed by atoms with van der Waals surface area (Å²) in [7, 11) is 0. The summed E-state index contributed by atoms with van der Waals surface area (Å²) in [6.07, 6.45) is 1.07. The van der Waals surface area contributed by atoms with Crippen LogP contribution in [0.1, 0.15) is 17.5 Å². The Labute approximate surface area is 99.9 Å². The Morgan fingerprint density at radius 3 is 2.76 bits per heavy atom. The third-order valence-corrected chi connectivity index (χ3v) is 3.00. The van der Waals surface area contributed by atoms with Crippen LogP contribution in [0.25, 0.3) is 0 Å². The summed E-state index contributed by atoms with van der Waals surface area (Å²) in [6, 6.07) is 3.33. The first kappa shape index (κ1) is 11.9. The van der Waals surface area contributed by atoms with Crippen molar-refractivity contribution in [3.8, 4) is 5.75 Å². The van der Waals surface area contributed by atoms with Gasteiger partial charge in [-0.2, -0.15) is 0 Å². The minimum atomic E-state index is -0.367. The Hall–Kier alpha value is -1.62. The fraction of sp³-hybridized carbons (Fsp3) is 0.500. The van der Waals surface area contributed by atoms with Gasteiger partial charge in [-0.25, -0.2) is 0 Å². The molecule has 1 fully saturated rings. The van der Waals surface area contributed by atoms with Crippen molar-refractivity contribution in [3.05, 3.63) is 33.4 Å². The lowest BCUT2D eigenvalue weighted by Crippen LogP contribution is -2.20. The molecule has 1 unspecified atom stereocenters. The smallest absolute Gasteiger partial charge is 0.276 e. The van der Waals surface area contributed by atoms with E-state index < -0.39 is 0 Å². The highest BCUT2D eigenvalue weighted by atomic mass is 16.6. The number of benzene rings is 1. The summed E-state index contributed by atoms with van der Waals surface area (Å²) in [6.45, 7) is 5.40. The van der Waals surface area contributed by atoms with Gasteiger partial charge in [0, 0.05) is 12.1 Å². The standard InChI is InChI=1S/C12H16N2O3/c1-8-5-9(2)12(6-11(8)14(15)16)17-10-3-4-13-7-10/h5-6,10,13H,3-4,7H2,1-2H3. The molecule has 5 nitrogen and oxygen atoms in total. The average Bonchev–Trinajstić information content (AvgIpc) is 2.74. The molecule has 0 saturated carbocycles. The van der Waals surface area contributed by atoms with Crippen molar-refractivity contribution >= 4 is 5.69 Å². The molecule has 1 heterocycles. The van der Waals surface area contributed by atoms with Crippen molar-refractivity contribution in [2.75, 3.05) is 13.1 Å². The Morgan fingerprint density at radius 2 is 2.18 bits per heavy atom. The van der Waals surface area contributed by atoms with Crippen molar-refractivity contribution in [1.82, 2.24) is 5.32 Å². The SMILES string of the molecule is Cc1cc(C)c([N+](=O)[O-])cc1OC1CCNC1. The van der Waals surface area contributed by atoms with Crippen LogP contribution in [0, 0.1) is 24.0 Å². The maximum atomic E-state index is 10.9. The molecule has 17 heavy (non-hydrogen) atoms. The van der Waals surface area contributed by atoms with Crippen LogP contribution >= 0.6 is 0 Å². The molecular formula is C12H16N2O3. The maximum Gasteiger partial charge on any atom is 0.276 e. The highest BCUT2D eigenvalue weighted by Crippen LogP contribution is 2.29. The van der Waals surface area contributed by atoms with Crippen LogP contribution < -0.4 is 10.1 Å². The first-order valence-corrected chi connectivity index (χ1v) is 5.71. The van der Waals surface area contributed by atoms with Gasteiger partial charge in [0.1, 0.15) is 11.9 Å². The number of aryl methyl sites for hydroxylation is 2. The molecule has 1 aliphatic rings. The van der Waals surface area contributed by atoms with Gasteiger partial charge >= 0.3 is 0 Å². The van der Waals surface area contributed by atoms with Gasteiger partial charge in [0.15, 0.2) is 0 Å². The predicted molar refractivity (Wildman–Crippen MR) is 64.5 cm³/mol. The van der Waals surface area contributed by atoms with Crippen LogP contribution in [0.15, 0.2) is 12.1 Å². The number of ether oxygens (including phenoxy) is 1. The third-order valence-electron chi connectivity index (χ3n) is 3.00. The molecule has 0 spiro atoms. The lowest BCUT2D eigenvalue weighted by Gasteiger charge is -2.15. The number of hydrogen-bond donors (Lipinski definition) is 1. The summed E-state index contributed by atoms with van der Waals surface area (Å²) in [5.41, 5.74) is 1.74. The topological polar surface area (TPSA) is 64.4 Å². The summed E-state index contributed by atoms with van der Waals surface area (Å²) in [4.78, 5) is 10.5. The predicted octanol–water partition coefficient (Wildman–Crippen LogP) is 1.95. The molecule has 1 aliphatic heterocycles. The lowest BCUT2D eigenvalue weighted by atomic mass is 10.1. The molecule has 2 rings (SSSR count). The van der Waals surface area contributed by atoms with Crippen LogP contribution in [0.5, 0.6) is 5.75 Å². The number of nitro benzene ring substituents is 1. The normalized spacial score (nSPS) is 19.3. The second-order valence-corrected chi connectivity index (χ2v) is 4.39. The van der Waals surface area contributed by atoms with E-state index in [0.717, 1.165) is 25.1 Å². The van der Waals surface area contributed by atoms with Gasteiger partial charge in [-0.3, -0.25) is 10.1 Å². The third kappa shape index (κ3) is 2.55. The Kier molecular flexibility index (Phi) is 3.28. The van der Waals surface area contributed by atoms with Crippen molar-refractivity contribution < 1.29 is 9.66 Å². The summed E-state index contributed by atoms with van der Waals surface area (Å²) in [5.74, 6) is 0.621. The van der Waals surface area contributed by atoms with Crippen LogP contribution in [0.3, 0.4) is 0 Å². The van der Waals surface area contributed by atoms with Gasteiger partial charge in [-0.15, -0.1) is 0 Å². The molecule has 1 saturated heterocycles. The minimum Gasteiger partial charge on any atom is -0.489 e. The highest BCUT2D eigenvalue weighted by Gasteiger charge is 2.20. The molecule has 1 N–H and O–H groups in total. The zero-order valence-corrected chi connectivity index (χ0v) is 10.0. The summed E-state index contributed by atoms with van der Waals surface area (Å²) < 4.78 is 5.78. The van der Waals surface area contributed by atoms with Gasteiger partial charge in [-0.05, 0) is 38.4 Å². The molecule has 0 aliphatic carbocycles. The number of nitrogens with one attached hydrogen (secondary N) is 1. The quantitative estimate of drug-likeness (QED) is 0.643. The highest BCUT2D eigenvalue weighted by molar-refractivity contribution is 5.49. The van der Waals surface area contributed by atoms with Crippen molar-refractivity contribution in [1.29, 1.82) is 0 Å². The lowest BCUT2D eigenvalue weighted by molar-refractivity contribution is -0.385. The van der Waals surface area contributed by atoms with Crippen LogP contribution in [0.2, 0.25) is 0 Å². The number of nitro groups is 1. The van der Waals surface area contributed by atoms with Gasteiger partial charge in [0.05, 0.1) is 11.0 Å². The molecule has 1 aromatic carbocycles. The molecule has 1 atom stereocenters. The van der Waals surface area contributed by atoms with E-state index >= 15 is 0 Å². The van der Waals surface area contributed by atoms with Gasteiger partial charge in [0.25, 0.3) is 5.69 Å². The number of nitrogens with zero attached hydrogens (tertiary/aromatic N) is 1. The maximum absolute atomic E-state index is 10.9. The first-order valence-electron chi connectivity index (χ1n) is 5.71. The van der Waals surface area contributed by atoms with E-state index in [0.29, 0.717) is 11.3 Å². The zero-order valence-electron chi connectivity index (χ0n) is 10.0. The average molecular weight is 236 g/mol. The second kappa shape index (κ2) is 4.71. The molecule has 1 aromatic rings. The molecule has 5 heteroatoms. The van der Waals surface area contributed by atoms with Crippen LogP contribution in [0.4, 0.5) is 5.69 Å². The van der Waals surface area contributed by atoms with E-state index in [2.05, 4.69) is 5.32 Å². The van der Waals surface area contributed by atoms with Gasteiger partial charge in [-0.1, -0.05) is 0 Å². The fourth-order valence-corrected chi connectivity index (χ4v) is 2.05. The van der Waals surface area contributed by atoms with E-state index in [1.165, 1.54) is 6.07 Å². The van der Waals surface area contributed by atoms with E-state index in [1.54, 1.807) is 13.0 Å². The van der Waals surface area contributed by atoms with Gasteiger partial charge in [0.2, 0.25) is 0 Å². The van der Waals surface area contributed by atoms with Crippen molar-refractivity contribution in [2.45, 2.75) is 26.4 Å². The van der Waals surface area contributed by atoms with Crippen molar-refractivity contribution in [3.63, 3.8) is 0 Å². The molecular weight excluding hydrogens is 220 g/mol. The largest absolute Gasteiger partial charge is 0.489 e. The van der Waals surface area contributed by atoms with Crippen LogP contribution in [-0.2, 0) is 0 Å². The Morgan fingerprint density at radius 1 is 1.41 bits per heavy atom. The molecule has 92 valence electrons. The number of hydrogen-bond acceptors (Lipinski definition) is 4. The number of rotatable bonds is 3. The summed E-state index contributed by atoms with van der Waals surface area (Å²) >= 11 is 0. The molecule has 0 radical (unpaired) electrons. The molecule has 0 amide bonds. The van der Waals surface area contributed by atoms with Crippen LogP contribution in [-0.4, -0.2) is 24.1 Å². The first-order chi connectivity index (χ1) is 8.08. The van der Waals surface area contributed by atoms with E-state index in [4.69, 9.17) is 4.74 Å². The monoisotopic (exact) mass is 236 g/mol. The van der Waals surface area contributed by atoms with Crippen molar-refractivity contribution in [2.24, 2.45) is 0 Å². The molecule has 0 bridgehead atoms. The fourth-order valence-electron chi connectivity index (χ4n) is 2.05. The van der Waals surface area contributed by atoms with Gasteiger partial charge < -0.3 is 10.1 Å². The summed E-state index contributed by atoms with van der Waals surface area (Å²) in [5, 5.41) is 14.1. The minimum absolute atomic E-state index is 0.121. The zero-order chi connectivity index (χ0) is 12.4. The Bertz CT molecular complexity index is 440. The van der Waals surface area contributed by atoms with E-state index in [-0.39, 0.29) is 16.7 Å². The second-order valence-electron chi connectivity index (χ2n) is 4.39. The van der Waals surface area contributed by atoms with E-state index in [1.807, 2.05) is 6.92 Å².